The third-order valence-corrected chi connectivity index (χ3v) is 5.47. The lowest BCUT2D eigenvalue weighted by atomic mass is 9.96. The lowest BCUT2D eigenvalue weighted by Gasteiger charge is -2.15. The Morgan fingerprint density at radius 1 is 0.633 bits per heavy atom. The van der Waals surface area contributed by atoms with Gasteiger partial charge in [0.1, 0.15) is 11.5 Å². The fourth-order valence-corrected chi connectivity index (χ4v) is 3.72. The first-order chi connectivity index (χ1) is 14.7. The van der Waals surface area contributed by atoms with Gasteiger partial charge >= 0.3 is 6.16 Å². The summed E-state index contributed by atoms with van der Waals surface area (Å²) in [6, 6.07) is 13.8. The summed E-state index contributed by atoms with van der Waals surface area (Å²) in [5.74, 6) is 1.25. The topological polar surface area (TPSA) is 35.5 Å². The van der Waals surface area contributed by atoms with Gasteiger partial charge in [0.2, 0.25) is 0 Å². The molecule has 0 aliphatic rings. The number of benzene rings is 2. The third-order valence-electron chi connectivity index (χ3n) is 5.47. The Kier molecular flexibility index (Phi) is 11.1. The maximum Gasteiger partial charge on any atom is 0.519 e. The lowest BCUT2D eigenvalue weighted by Crippen LogP contribution is -2.16. The molecular weight excluding hydrogens is 372 g/mol. The Morgan fingerprint density at radius 2 is 1.20 bits per heavy atom. The largest absolute Gasteiger partial charge is 0.519 e. The van der Waals surface area contributed by atoms with E-state index in [9.17, 15) is 4.79 Å². The summed E-state index contributed by atoms with van der Waals surface area (Å²) >= 11 is 0. The summed E-state index contributed by atoms with van der Waals surface area (Å²) in [6.07, 6.45) is 11.4. The zero-order chi connectivity index (χ0) is 21.6. The Bertz CT molecular complexity index is 766. The van der Waals surface area contributed by atoms with Crippen molar-refractivity contribution in [3.05, 3.63) is 59.2 Å². The van der Waals surface area contributed by atoms with E-state index in [0.717, 1.165) is 50.5 Å². The van der Waals surface area contributed by atoms with E-state index in [1.807, 2.05) is 36.4 Å². The van der Waals surface area contributed by atoms with E-state index in [1.54, 1.807) is 0 Å². The minimum atomic E-state index is -0.651. The standard InChI is InChI=1S/C27H38O3/c1-4-7-10-16-22-18-14-21-26(24(22)19-11-8-5-2)30-27(28)29-25-20-13-12-17-23(25)15-9-6-3/h12-14,17-18,20-21H,4-11,15-16,19H2,1-3H3. The average Bonchev–Trinajstić information content (AvgIpc) is 2.75. The first-order valence-electron chi connectivity index (χ1n) is 11.8. The molecule has 2 rings (SSSR count). The number of para-hydroxylation sites is 1. The van der Waals surface area contributed by atoms with Gasteiger partial charge in [-0.25, -0.2) is 4.79 Å². The molecule has 30 heavy (non-hydrogen) atoms. The predicted octanol–water partition coefficient (Wildman–Crippen LogP) is 8.07. The van der Waals surface area contributed by atoms with Gasteiger partial charge in [-0.3, -0.25) is 0 Å². The van der Waals surface area contributed by atoms with E-state index >= 15 is 0 Å². The number of unbranched alkanes of at least 4 members (excludes halogenated alkanes) is 5. The monoisotopic (exact) mass is 410 g/mol. The molecule has 164 valence electrons. The second-order valence-corrected chi connectivity index (χ2v) is 7.97. The number of carbonyl (C=O) groups excluding carboxylic acids is 1. The highest BCUT2D eigenvalue weighted by Gasteiger charge is 2.16. The maximum atomic E-state index is 12.6. The van der Waals surface area contributed by atoms with Crippen LogP contribution in [0.15, 0.2) is 42.5 Å². The van der Waals surface area contributed by atoms with Crippen LogP contribution in [0.25, 0.3) is 0 Å². The van der Waals surface area contributed by atoms with Crippen molar-refractivity contribution in [3.8, 4) is 11.5 Å². The molecule has 0 bridgehead atoms. The quantitative estimate of drug-likeness (QED) is 0.190. The van der Waals surface area contributed by atoms with E-state index in [4.69, 9.17) is 9.47 Å². The fourth-order valence-electron chi connectivity index (χ4n) is 3.72. The third kappa shape index (κ3) is 7.85. The minimum Gasteiger partial charge on any atom is -0.394 e. The van der Waals surface area contributed by atoms with Crippen LogP contribution in [0.2, 0.25) is 0 Å². The normalized spacial score (nSPS) is 10.8. The predicted molar refractivity (Wildman–Crippen MR) is 125 cm³/mol. The van der Waals surface area contributed by atoms with Gasteiger partial charge in [-0.15, -0.1) is 0 Å². The number of rotatable bonds is 13. The van der Waals surface area contributed by atoms with E-state index in [0.29, 0.717) is 11.5 Å². The molecule has 0 saturated carbocycles. The number of ether oxygens (including phenoxy) is 2. The highest BCUT2D eigenvalue weighted by Crippen LogP contribution is 2.28. The van der Waals surface area contributed by atoms with Gasteiger partial charge in [0.25, 0.3) is 0 Å². The Balaban J connectivity index is 2.13. The fraction of sp³-hybridized carbons (Fsp3) is 0.519. The smallest absolute Gasteiger partial charge is 0.394 e. The van der Waals surface area contributed by atoms with Crippen LogP contribution in [0.1, 0.15) is 88.8 Å². The zero-order valence-corrected chi connectivity index (χ0v) is 19.0. The van der Waals surface area contributed by atoms with Crippen LogP contribution in [0, 0.1) is 0 Å². The molecule has 3 nitrogen and oxygen atoms in total. The second-order valence-electron chi connectivity index (χ2n) is 7.97. The molecule has 0 N–H and O–H groups in total. The Labute approximate surface area is 182 Å². The van der Waals surface area contributed by atoms with E-state index in [-0.39, 0.29) is 0 Å². The van der Waals surface area contributed by atoms with Crippen molar-refractivity contribution >= 4 is 6.16 Å². The van der Waals surface area contributed by atoms with Crippen LogP contribution >= 0.6 is 0 Å². The number of aryl methyl sites for hydroxylation is 2. The number of hydrogen-bond acceptors (Lipinski definition) is 3. The highest BCUT2D eigenvalue weighted by atomic mass is 16.7. The molecule has 0 atom stereocenters. The van der Waals surface area contributed by atoms with Crippen LogP contribution in [0.5, 0.6) is 11.5 Å². The molecule has 0 saturated heterocycles. The molecule has 0 aliphatic carbocycles. The molecule has 0 heterocycles. The van der Waals surface area contributed by atoms with Crippen molar-refractivity contribution in [3.63, 3.8) is 0 Å². The summed E-state index contributed by atoms with van der Waals surface area (Å²) < 4.78 is 11.3. The van der Waals surface area contributed by atoms with Crippen molar-refractivity contribution in [1.82, 2.24) is 0 Å². The van der Waals surface area contributed by atoms with Crippen molar-refractivity contribution in [2.75, 3.05) is 0 Å². The minimum absolute atomic E-state index is 0.600. The van der Waals surface area contributed by atoms with Gasteiger partial charge in [0, 0.05) is 0 Å². The van der Waals surface area contributed by atoms with Crippen molar-refractivity contribution in [2.24, 2.45) is 0 Å². The van der Waals surface area contributed by atoms with Gasteiger partial charge in [0.05, 0.1) is 0 Å². The molecule has 0 aromatic heterocycles. The molecular formula is C27H38O3. The molecule has 3 heteroatoms. The maximum absolute atomic E-state index is 12.6. The van der Waals surface area contributed by atoms with Crippen LogP contribution in [-0.4, -0.2) is 6.16 Å². The molecule has 2 aromatic rings. The van der Waals surface area contributed by atoms with Crippen LogP contribution < -0.4 is 9.47 Å². The van der Waals surface area contributed by atoms with E-state index in [1.165, 1.54) is 36.8 Å². The van der Waals surface area contributed by atoms with Crippen molar-refractivity contribution in [1.29, 1.82) is 0 Å². The van der Waals surface area contributed by atoms with Gasteiger partial charge in [0.15, 0.2) is 0 Å². The summed E-state index contributed by atoms with van der Waals surface area (Å²) in [5.41, 5.74) is 3.51. The van der Waals surface area contributed by atoms with Crippen LogP contribution in [0.3, 0.4) is 0 Å². The number of hydrogen-bond donors (Lipinski definition) is 0. The molecule has 0 unspecified atom stereocenters. The van der Waals surface area contributed by atoms with Gasteiger partial charge in [-0.2, -0.15) is 0 Å². The van der Waals surface area contributed by atoms with Crippen LogP contribution in [-0.2, 0) is 19.3 Å². The van der Waals surface area contributed by atoms with Gasteiger partial charge in [-0.1, -0.05) is 83.2 Å². The molecule has 0 radical (unpaired) electrons. The summed E-state index contributed by atoms with van der Waals surface area (Å²) in [7, 11) is 0. The van der Waals surface area contributed by atoms with Crippen molar-refractivity contribution < 1.29 is 14.3 Å². The summed E-state index contributed by atoms with van der Waals surface area (Å²) in [4.78, 5) is 12.6. The SMILES string of the molecule is CCCCCc1cccc(OC(=O)Oc2ccccc2CCCC)c1CCCCC. The molecule has 0 amide bonds. The van der Waals surface area contributed by atoms with Gasteiger partial charge < -0.3 is 9.47 Å². The molecule has 0 spiro atoms. The molecule has 0 fully saturated rings. The average molecular weight is 411 g/mol. The molecule has 2 aromatic carbocycles. The Hall–Kier alpha value is -2.29. The zero-order valence-electron chi connectivity index (χ0n) is 19.0. The first-order valence-corrected chi connectivity index (χ1v) is 11.8. The first kappa shape index (κ1) is 24.0. The summed E-state index contributed by atoms with van der Waals surface area (Å²) in [5, 5.41) is 0. The molecule has 0 aliphatic heterocycles. The van der Waals surface area contributed by atoms with E-state index in [2.05, 4.69) is 26.8 Å². The highest BCUT2D eigenvalue weighted by molar-refractivity contribution is 5.68. The number of carbonyl (C=O) groups is 1. The Morgan fingerprint density at radius 3 is 1.93 bits per heavy atom. The van der Waals surface area contributed by atoms with Crippen molar-refractivity contribution in [2.45, 2.75) is 91.4 Å². The van der Waals surface area contributed by atoms with E-state index < -0.39 is 6.16 Å². The lowest BCUT2D eigenvalue weighted by molar-refractivity contribution is 0.151. The second kappa shape index (κ2) is 13.8. The van der Waals surface area contributed by atoms with Gasteiger partial charge in [-0.05, 0) is 67.3 Å². The summed E-state index contributed by atoms with van der Waals surface area (Å²) in [6.45, 7) is 6.58. The van der Waals surface area contributed by atoms with Crippen LogP contribution in [0.4, 0.5) is 4.79 Å².